The predicted molar refractivity (Wildman–Crippen MR) is 71.6 cm³/mol. The van der Waals surface area contributed by atoms with Crippen LogP contribution in [0.4, 0.5) is 0 Å². The van der Waals surface area contributed by atoms with Gasteiger partial charge >= 0.3 is 5.97 Å². The minimum atomic E-state index is -0.300. The molecule has 1 heterocycles. The summed E-state index contributed by atoms with van der Waals surface area (Å²) >= 11 is 0. The van der Waals surface area contributed by atoms with Crippen molar-refractivity contribution in [1.82, 2.24) is 4.57 Å². The van der Waals surface area contributed by atoms with E-state index in [0.717, 1.165) is 11.1 Å². The van der Waals surface area contributed by atoms with Crippen LogP contribution in [0.15, 0.2) is 42.6 Å². The molecule has 0 amide bonds. The Morgan fingerprint density at radius 3 is 2.39 bits per heavy atom. The van der Waals surface area contributed by atoms with Crippen molar-refractivity contribution in [3.8, 4) is 11.1 Å². The van der Waals surface area contributed by atoms with Gasteiger partial charge in [0, 0.05) is 17.8 Å². The summed E-state index contributed by atoms with van der Waals surface area (Å²) < 4.78 is 6.76. The highest BCUT2D eigenvalue weighted by Crippen LogP contribution is 2.24. The van der Waals surface area contributed by atoms with Crippen LogP contribution in [0.1, 0.15) is 30.4 Å². The molecule has 94 valence electrons. The summed E-state index contributed by atoms with van der Waals surface area (Å²) in [6.45, 7) is 4.09. The van der Waals surface area contributed by atoms with Gasteiger partial charge in [0.1, 0.15) is 5.69 Å². The van der Waals surface area contributed by atoms with Crippen LogP contribution >= 0.6 is 0 Å². The van der Waals surface area contributed by atoms with E-state index in [-0.39, 0.29) is 12.0 Å². The molecule has 0 radical (unpaired) electrons. The SMILES string of the molecule is COC(=O)c1cc(-c2ccccc2)cn1C(C)C. The van der Waals surface area contributed by atoms with E-state index in [2.05, 4.69) is 0 Å². The molecule has 0 unspecified atom stereocenters. The molecule has 0 aliphatic heterocycles. The zero-order chi connectivity index (χ0) is 13.1. The molecule has 0 bridgehead atoms. The molecule has 18 heavy (non-hydrogen) atoms. The van der Waals surface area contributed by atoms with Gasteiger partial charge in [0.25, 0.3) is 0 Å². The zero-order valence-corrected chi connectivity index (χ0v) is 10.9. The molecule has 0 aliphatic rings. The van der Waals surface area contributed by atoms with Gasteiger partial charge in [-0.3, -0.25) is 0 Å². The summed E-state index contributed by atoms with van der Waals surface area (Å²) in [6, 6.07) is 12.1. The number of benzene rings is 1. The molecule has 2 aromatic rings. The monoisotopic (exact) mass is 243 g/mol. The summed E-state index contributed by atoms with van der Waals surface area (Å²) in [7, 11) is 1.40. The van der Waals surface area contributed by atoms with E-state index in [1.807, 2.05) is 61.0 Å². The molecule has 0 aliphatic carbocycles. The largest absolute Gasteiger partial charge is 0.464 e. The van der Waals surface area contributed by atoms with Crippen LogP contribution < -0.4 is 0 Å². The van der Waals surface area contributed by atoms with Gasteiger partial charge in [-0.25, -0.2) is 4.79 Å². The van der Waals surface area contributed by atoms with Crippen LogP contribution in [0, 0.1) is 0 Å². The number of aromatic nitrogens is 1. The third-order valence-electron chi connectivity index (χ3n) is 2.91. The molecule has 1 aromatic heterocycles. The van der Waals surface area contributed by atoms with Crippen molar-refractivity contribution >= 4 is 5.97 Å². The molecule has 0 saturated carbocycles. The molecule has 0 fully saturated rings. The number of esters is 1. The minimum absolute atomic E-state index is 0.219. The lowest BCUT2D eigenvalue weighted by Gasteiger charge is -2.10. The molecule has 1 aromatic carbocycles. The fraction of sp³-hybridized carbons (Fsp3) is 0.267. The summed E-state index contributed by atoms with van der Waals surface area (Å²) in [6.07, 6.45) is 1.99. The lowest BCUT2D eigenvalue weighted by atomic mass is 10.1. The second-order valence-corrected chi connectivity index (χ2v) is 4.47. The van der Waals surface area contributed by atoms with Gasteiger partial charge in [-0.2, -0.15) is 0 Å². The van der Waals surface area contributed by atoms with E-state index in [4.69, 9.17) is 4.74 Å². The first-order chi connectivity index (χ1) is 8.63. The Morgan fingerprint density at radius 2 is 1.83 bits per heavy atom. The van der Waals surface area contributed by atoms with Crippen molar-refractivity contribution in [2.75, 3.05) is 7.11 Å². The van der Waals surface area contributed by atoms with E-state index in [1.54, 1.807) is 0 Å². The molecule has 0 spiro atoms. The number of hydrogen-bond donors (Lipinski definition) is 0. The highest BCUT2D eigenvalue weighted by Gasteiger charge is 2.16. The van der Waals surface area contributed by atoms with Crippen molar-refractivity contribution in [3.63, 3.8) is 0 Å². The molecule has 3 nitrogen and oxygen atoms in total. The smallest absolute Gasteiger partial charge is 0.354 e. The number of carbonyl (C=O) groups excluding carboxylic acids is 1. The molecule has 0 atom stereocenters. The van der Waals surface area contributed by atoms with Crippen molar-refractivity contribution < 1.29 is 9.53 Å². The number of hydrogen-bond acceptors (Lipinski definition) is 2. The van der Waals surface area contributed by atoms with Crippen LogP contribution in [0.3, 0.4) is 0 Å². The third-order valence-corrected chi connectivity index (χ3v) is 2.91. The van der Waals surface area contributed by atoms with Crippen molar-refractivity contribution in [3.05, 3.63) is 48.3 Å². The van der Waals surface area contributed by atoms with Gasteiger partial charge in [-0.1, -0.05) is 30.3 Å². The maximum absolute atomic E-state index is 11.7. The number of methoxy groups -OCH3 is 1. The summed E-state index contributed by atoms with van der Waals surface area (Å²) in [5, 5.41) is 0. The van der Waals surface area contributed by atoms with Crippen molar-refractivity contribution in [1.29, 1.82) is 0 Å². The Hall–Kier alpha value is -2.03. The third kappa shape index (κ3) is 2.30. The number of nitrogens with zero attached hydrogens (tertiary/aromatic N) is 1. The second kappa shape index (κ2) is 5.08. The fourth-order valence-corrected chi connectivity index (χ4v) is 1.96. The maximum Gasteiger partial charge on any atom is 0.354 e. The van der Waals surface area contributed by atoms with Gasteiger partial charge < -0.3 is 9.30 Å². The molecule has 3 heteroatoms. The van der Waals surface area contributed by atoms with Gasteiger partial charge in [-0.05, 0) is 25.5 Å². The van der Waals surface area contributed by atoms with Crippen LogP contribution in [0.2, 0.25) is 0 Å². The number of ether oxygens (including phenoxy) is 1. The van der Waals surface area contributed by atoms with Gasteiger partial charge in [0.2, 0.25) is 0 Å². The normalized spacial score (nSPS) is 10.7. The summed E-state index contributed by atoms with van der Waals surface area (Å²) in [5.74, 6) is -0.300. The Morgan fingerprint density at radius 1 is 1.17 bits per heavy atom. The first-order valence-electron chi connectivity index (χ1n) is 5.99. The van der Waals surface area contributed by atoms with Crippen LogP contribution in [-0.2, 0) is 4.74 Å². The Bertz CT molecular complexity index is 541. The standard InChI is InChI=1S/C15H17NO2/c1-11(2)16-10-13(9-14(16)15(17)18-3)12-7-5-4-6-8-12/h4-11H,1-3H3. The Labute approximate surface area is 107 Å². The van der Waals surface area contributed by atoms with Crippen LogP contribution in [-0.4, -0.2) is 17.6 Å². The lowest BCUT2D eigenvalue weighted by Crippen LogP contribution is -2.11. The summed E-state index contributed by atoms with van der Waals surface area (Å²) in [5.41, 5.74) is 2.72. The molecule has 0 N–H and O–H groups in total. The van der Waals surface area contributed by atoms with E-state index in [1.165, 1.54) is 7.11 Å². The highest BCUT2D eigenvalue weighted by atomic mass is 16.5. The minimum Gasteiger partial charge on any atom is -0.464 e. The molecule has 2 rings (SSSR count). The highest BCUT2D eigenvalue weighted by molar-refractivity contribution is 5.89. The summed E-state index contributed by atoms with van der Waals surface area (Å²) in [4.78, 5) is 11.7. The first kappa shape index (κ1) is 12.4. The van der Waals surface area contributed by atoms with E-state index >= 15 is 0 Å². The lowest BCUT2D eigenvalue weighted by molar-refractivity contribution is 0.0587. The molecular weight excluding hydrogens is 226 g/mol. The van der Waals surface area contributed by atoms with E-state index in [9.17, 15) is 4.79 Å². The van der Waals surface area contributed by atoms with E-state index < -0.39 is 0 Å². The second-order valence-electron chi connectivity index (χ2n) is 4.47. The van der Waals surface area contributed by atoms with Crippen LogP contribution in [0.25, 0.3) is 11.1 Å². The Kier molecular flexibility index (Phi) is 3.51. The average Bonchev–Trinajstić information content (AvgIpc) is 2.84. The van der Waals surface area contributed by atoms with Crippen LogP contribution in [0.5, 0.6) is 0 Å². The van der Waals surface area contributed by atoms with Crippen molar-refractivity contribution in [2.24, 2.45) is 0 Å². The van der Waals surface area contributed by atoms with Crippen molar-refractivity contribution in [2.45, 2.75) is 19.9 Å². The van der Waals surface area contributed by atoms with Gasteiger partial charge in [0.15, 0.2) is 0 Å². The molecule has 0 saturated heterocycles. The van der Waals surface area contributed by atoms with Gasteiger partial charge in [-0.15, -0.1) is 0 Å². The first-order valence-corrected chi connectivity index (χ1v) is 5.99. The van der Waals surface area contributed by atoms with Gasteiger partial charge in [0.05, 0.1) is 7.11 Å². The average molecular weight is 243 g/mol. The fourth-order valence-electron chi connectivity index (χ4n) is 1.96. The Balaban J connectivity index is 2.49. The predicted octanol–water partition coefficient (Wildman–Crippen LogP) is 3.52. The molecular formula is C15H17NO2. The quantitative estimate of drug-likeness (QED) is 0.772. The number of carbonyl (C=O) groups is 1. The maximum atomic E-state index is 11.7. The number of rotatable bonds is 3. The topological polar surface area (TPSA) is 31.2 Å². The zero-order valence-electron chi connectivity index (χ0n) is 10.9. The van der Waals surface area contributed by atoms with E-state index in [0.29, 0.717) is 5.69 Å².